The molecule has 2 amide bonds. The van der Waals surface area contributed by atoms with Gasteiger partial charge in [0, 0.05) is 22.8 Å². The molecular weight excluding hydrogens is 484 g/mol. The van der Waals surface area contributed by atoms with Gasteiger partial charge in [-0.1, -0.05) is 5.16 Å². The Balaban J connectivity index is 1.35. The molecule has 1 saturated heterocycles. The number of carbonyl (C=O) groups is 3. The van der Waals surface area contributed by atoms with Crippen molar-refractivity contribution in [1.29, 1.82) is 0 Å². The summed E-state index contributed by atoms with van der Waals surface area (Å²) in [6.07, 6.45) is 5.13. The number of fused-ring (bicyclic) bond motifs is 2. The Bertz CT molecular complexity index is 1390. The monoisotopic (exact) mass is 500 g/mol. The first-order chi connectivity index (χ1) is 16.4. The second kappa shape index (κ2) is 8.46. The van der Waals surface area contributed by atoms with Crippen LogP contribution in [0.15, 0.2) is 57.0 Å². The normalized spacial score (nSPS) is 20.3. The van der Waals surface area contributed by atoms with Crippen molar-refractivity contribution in [3.8, 4) is 0 Å². The molecule has 3 aromatic rings. The van der Waals surface area contributed by atoms with E-state index in [0.29, 0.717) is 16.9 Å². The average molecular weight is 501 g/mol. The van der Waals surface area contributed by atoms with Crippen molar-refractivity contribution in [2.45, 2.75) is 18.0 Å². The van der Waals surface area contributed by atoms with Crippen LogP contribution in [0.2, 0.25) is 0 Å². The van der Waals surface area contributed by atoms with Gasteiger partial charge in [0.25, 0.3) is 11.8 Å². The van der Waals surface area contributed by atoms with Crippen LogP contribution >= 0.6 is 23.1 Å². The van der Waals surface area contributed by atoms with Gasteiger partial charge >= 0.3 is 0 Å². The zero-order valence-corrected chi connectivity index (χ0v) is 18.8. The van der Waals surface area contributed by atoms with Gasteiger partial charge in [-0.05, 0) is 6.07 Å². The predicted octanol–water partition coefficient (Wildman–Crippen LogP) is -0.959. The lowest BCUT2D eigenvalue weighted by atomic mass is 10.0. The number of thiazole rings is 1. The van der Waals surface area contributed by atoms with Crippen molar-refractivity contribution >= 4 is 62.7 Å². The Morgan fingerprint density at radius 1 is 1.44 bits per heavy atom. The summed E-state index contributed by atoms with van der Waals surface area (Å²) in [5.74, 6) is -2.60. The zero-order chi connectivity index (χ0) is 24.0. The van der Waals surface area contributed by atoms with E-state index in [9.17, 15) is 24.7 Å². The van der Waals surface area contributed by atoms with Gasteiger partial charge < -0.3 is 30.6 Å². The summed E-state index contributed by atoms with van der Waals surface area (Å²) in [7, 11) is 0. The van der Waals surface area contributed by atoms with Crippen LogP contribution in [0.1, 0.15) is 5.69 Å². The topological polar surface area (TPSA) is 178 Å². The number of rotatable bonds is 6. The number of nitrogens with one attached hydrogen (secondary N) is 1. The molecule has 2 atom stereocenters. The van der Waals surface area contributed by atoms with Crippen LogP contribution in [0, 0.1) is 0 Å². The quantitative estimate of drug-likeness (QED) is 0.126. The Morgan fingerprint density at radius 3 is 2.97 bits per heavy atom. The number of anilines is 1. The average Bonchev–Trinajstić information content (AvgIpc) is 3.46. The molecule has 4 N–H and O–H groups in total. The van der Waals surface area contributed by atoms with Crippen LogP contribution in [0.3, 0.4) is 0 Å². The Kier molecular flexibility index (Phi) is 5.45. The second-order valence-corrected chi connectivity index (χ2v) is 9.47. The van der Waals surface area contributed by atoms with Crippen LogP contribution in [0.4, 0.5) is 5.13 Å². The van der Waals surface area contributed by atoms with Gasteiger partial charge in [0.15, 0.2) is 29.8 Å². The summed E-state index contributed by atoms with van der Waals surface area (Å²) in [5.41, 5.74) is 6.21. The minimum atomic E-state index is -1.47. The number of oxime groups is 1. The first-order valence-corrected chi connectivity index (χ1v) is 11.8. The number of nitrogen functional groups attached to an aromatic ring is 1. The Morgan fingerprint density at radius 2 is 2.26 bits per heavy atom. The molecule has 0 spiro atoms. The van der Waals surface area contributed by atoms with Crippen LogP contribution in [0.5, 0.6) is 0 Å². The number of nitrogens with two attached hydrogens (primary N) is 1. The zero-order valence-electron chi connectivity index (χ0n) is 17.2. The van der Waals surface area contributed by atoms with Crippen molar-refractivity contribution in [3.63, 3.8) is 0 Å². The van der Waals surface area contributed by atoms with Gasteiger partial charge in [-0.2, -0.15) is 0 Å². The van der Waals surface area contributed by atoms with Crippen LogP contribution < -0.4 is 20.7 Å². The molecule has 0 aromatic carbocycles. The molecule has 14 heteroatoms. The lowest BCUT2D eigenvalue weighted by molar-refractivity contribution is -0.687. The third-order valence-electron chi connectivity index (χ3n) is 5.43. The highest BCUT2D eigenvalue weighted by Crippen LogP contribution is 2.40. The molecule has 2 aliphatic heterocycles. The molecule has 5 rings (SSSR count). The number of furan rings is 1. The number of carbonyl (C=O) groups excluding carboxylic acids is 3. The number of thioether (sulfide) groups is 1. The van der Waals surface area contributed by atoms with E-state index in [1.165, 1.54) is 17.1 Å². The van der Waals surface area contributed by atoms with Gasteiger partial charge in [-0.15, -0.1) is 23.1 Å². The number of aliphatic carboxylic acids is 1. The first kappa shape index (κ1) is 21.9. The smallest absolute Gasteiger partial charge is 0.276 e. The minimum absolute atomic E-state index is 0.0617. The standard InChI is InChI=1S/C20H16N6O6S2/c21-20-22-11(8-34-20)13(24-31)16(27)23-14-17(28)26-15(19(29)30)10(7-33-18(14)26)6-25-3-1-12-9(5-25)2-4-32-12/h1-5,8,14,18H,6-7H2,(H4-,21,22,23,27,29,30,31)/t14?,18-/m0/s1. The summed E-state index contributed by atoms with van der Waals surface area (Å²) in [4.78, 5) is 42.5. The molecular formula is C20H16N6O6S2. The third kappa shape index (κ3) is 3.66. The number of carboxylic acid groups (broad SMARTS) is 1. The van der Waals surface area contributed by atoms with E-state index in [0.717, 1.165) is 21.6 Å². The molecule has 2 aliphatic rings. The Hall–Kier alpha value is -3.91. The van der Waals surface area contributed by atoms with Crippen molar-refractivity contribution in [1.82, 2.24) is 15.2 Å². The maximum atomic E-state index is 12.9. The van der Waals surface area contributed by atoms with Crippen molar-refractivity contribution in [2.75, 3.05) is 11.5 Å². The highest BCUT2D eigenvalue weighted by atomic mass is 32.2. The molecule has 1 fully saturated rings. The van der Waals surface area contributed by atoms with Gasteiger partial charge in [-0.3, -0.25) is 14.5 Å². The number of nitrogens with zero attached hydrogens (tertiary/aromatic N) is 4. The van der Waals surface area contributed by atoms with E-state index < -0.39 is 34.9 Å². The number of aromatic nitrogens is 2. The van der Waals surface area contributed by atoms with Gasteiger partial charge in [0.1, 0.15) is 22.7 Å². The minimum Gasteiger partial charge on any atom is -0.543 e. The van der Waals surface area contributed by atoms with E-state index in [1.54, 1.807) is 29.2 Å². The van der Waals surface area contributed by atoms with Gasteiger partial charge in [0.05, 0.1) is 23.3 Å². The van der Waals surface area contributed by atoms with E-state index in [-0.39, 0.29) is 23.1 Å². The molecule has 0 radical (unpaired) electrons. The molecule has 174 valence electrons. The Labute approximate surface area is 199 Å². The maximum absolute atomic E-state index is 12.9. The maximum Gasteiger partial charge on any atom is 0.276 e. The molecule has 5 heterocycles. The molecule has 0 saturated carbocycles. The fourth-order valence-corrected chi connectivity index (χ4v) is 5.77. The third-order valence-corrected chi connectivity index (χ3v) is 7.44. The van der Waals surface area contributed by atoms with E-state index in [4.69, 9.17) is 10.2 Å². The first-order valence-electron chi connectivity index (χ1n) is 9.86. The second-order valence-electron chi connectivity index (χ2n) is 7.48. The summed E-state index contributed by atoms with van der Waals surface area (Å²) in [6, 6.07) is 2.56. The molecule has 1 unspecified atom stereocenters. The molecule has 0 bridgehead atoms. The largest absolute Gasteiger partial charge is 0.543 e. The summed E-state index contributed by atoms with van der Waals surface area (Å²) in [5, 5.41) is 28.5. The van der Waals surface area contributed by atoms with Crippen molar-refractivity contribution in [3.05, 3.63) is 53.1 Å². The van der Waals surface area contributed by atoms with E-state index >= 15 is 0 Å². The number of amides is 2. The lowest BCUT2D eigenvalue weighted by Crippen LogP contribution is -2.71. The van der Waals surface area contributed by atoms with Gasteiger partial charge in [-0.25, -0.2) is 9.55 Å². The number of hydrogen-bond donors (Lipinski definition) is 3. The predicted molar refractivity (Wildman–Crippen MR) is 118 cm³/mol. The fourth-order valence-electron chi connectivity index (χ4n) is 3.89. The van der Waals surface area contributed by atoms with E-state index in [1.807, 2.05) is 6.20 Å². The van der Waals surface area contributed by atoms with Crippen LogP contribution in [0.25, 0.3) is 11.0 Å². The van der Waals surface area contributed by atoms with Crippen LogP contribution in [-0.4, -0.2) is 55.8 Å². The van der Waals surface area contributed by atoms with Crippen molar-refractivity contribution < 1.29 is 33.7 Å². The fraction of sp³-hybridized carbons (Fsp3) is 0.200. The number of hydrogen-bond acceptors (Lipinski definition) is 11. The lowest BCUT2D eigenvalue weighted by Gasteiger charge is -2.50. The summed E-state index contributed by atoms with van der Waals surface area (Å²) >= 11 is 2.37. The van der Waals surface area contributed by atoms with Crippen LogP contribution in [-0.2, 0) is 20.9 Å². The molecule has 12 nitrogen and oxygen atoms in total. The van der Waals surface area contributed by atoms with E-state index in [2.05, 4.69) is 15.5 Å². The molecule has 34 heavy (non-hydrogen) atoms. The summed E-state index contributed by atoms with van der Waals surface area (Å²) < 4.78 is 7.12. The van der Waals surface area contributed by atoms with Gasteiger partial charge in [0.2, 0.25) is 0 Å². The molecule has 0 aliphatic carbocycles. The number of pyridine rings is 1. The van der Waals surface area contributed by atoms with Crippen molar-refractivity contribution in [2.24, 2.45) is 5.16 Å². The number of β-lactam (4-membered cyclic amide) rings is 1. The highest BCUT2D eigenvalue weighted by Gasteiger charge is 2.53. The SMILES string of the molecule is Nc1nc(C(=NO)C(=O)NC2C(=O)N3C(C(=O)[O-])=C(C[n+]4ccc5occc5c4)CS[C@@H]23)cs1. The summed E-state index contributed by atoms with van der Waals surface area (Å²) in [6.45, 7) is 0.234. The number of carboxylic acids is 1. The highest BCUT2D eigenvalue weighted by molar-refractivity contribution is 8.00. The molecule has 3 aromatic heterocycles.